The number of nitro groups is 1. The lowest BCUT2D eigenvalue weighted by Gasteiger charge is -2.24. The summed E-state index contributed by atoms with van der Waals surface area (Å²) in [6, 6.07) is 16.5. The number of cyclic esters (lactones) is 1. The van der Waals surface area contributed by atoms with Crippen LogP contribution in [0.4, 0.5) is 5.69 Å². The number of aliphatic hydroxyl groups excluding tert-OH is 1. The van der Waals surface area contributed by atoms with E-state index < -0.39 is 10.9 Å². The highest BCUT2D eigenvalue weighted by Crippen LogP contribution is 2.26. The molecule has 0 radical (unpaired) electrons. The molecule has 6 nitrogen and oxygen atoms in total. The van der Waals surface area contributed by atoms with Gasteiger partial charge in [-0.25, -0.2) is 4.79 Å². The summed E-state index contributed by atoms with van der Waals surface area (Å²) >= 11 is 0. The molecule has 1 aliphatic rings. The van der Waals surface area contributed by atoms with Gasteiger partial charge >= 0.3 is 5.97 Å². The standard InChI is InChI=1S/C15H17NO5.C8H10.C2H6/c1-2-4-12-9-14(17)13(15(18)21-12)8-10-5-3-6-11(7-10)16(19)20;1-2-8-6-4-3-5-7-8;1-2/h3,5-7,12,17H,2,4,8-9H2,1H3;3-7H,2H2,1H3;1-2H3. The molecule has 6 heteroatoms. The van der Waals surface area contributed by atoms with Gasteiger partial charge < -0.3 is 9.84 Å². The minimum absolute atomic E-state index is 0.0243. The highest BCUT2D eigenvalue weighted by atomic mass is 16.6. The molecule has 3 rings (SSSR count). The number of hydrogen-bond donors (Lipinski definition) is 1. The Morgan fingerprint density at radius 2 is 1.71 bits per heavy atom. The normalized spacial score (nSPS) is 15.1. The van der Waals surface area contributed by atoms with Crippen LogP contribution >= 0.6 is 0 Å². The van der Waals surface area contributed by atoms with Crippen molar-refractivity contribution in [2.24, 2.45) is 0 Å². The first kappa shape index (κ1) is 25.9. The first-order chi connectivity index (χ1) is 14.9. The summed E-state index contributed by atoms with van der Waals surface area (Å²) in [5.41, 5.74) is 2.15. The Hall–Kier alpha value is -3.15. The monoisotopic (exact) mass is 427 g/mol. The second-order valence-electron chi connectivity index (χ2n) is 6.89. The quantitative estimate of drug-likeness (QED) is 0.330. The molecule has 0 amide bonds. The molecule has 1 unspecified atom stereocenters. The fourth-order valence-corrected chi connectivity index (χ4v) is 3.08. The fraction of sp³-hybridized carbons (Fsp3) is 0.400. The van der Waals surface area contributed by atoms with Gasteiger partial charge in [0, 0.05) is 25.0 Å². The third kappa shape index (κ3) is 8.62. The highest BCUT2D eigenvalue weighted by molar-refractivity contribution is 5.90. The third-order valence-corrected chi connectivity index (χ3v) is 4.65. The summed E-state index contributed by atoms with van der Waals surface area (Å²) in [5.74, 6) is -0.514. The first-order valence-corrected chi connectivity index (χ1v) is 10.8. The molecule has 31 heavy (non-hydrogen) atoms. The van der Waals surface area contributed by atoms with E-state index in [1.807, 2.05) is 26.8 Å². The lowest BCUT2D eigenvalue weighted by molar-refractivity contribution is -0.384. The second kappa shape index (κ2) is 14.0. The SMILES string of the molecule is CC.CCCC1CC(O)=C(Cc2cccc([N+](=O)[O-])c2)C(=O)O1.CCc1ccccc1. The summed E-state index contributed by atoms with van der Waals surface area (Å²) in [6.45, 7) is 8.14. The van der Waals surface area contributed by atoms with E-state index in [0.717, 1.165) is 12.8 Å². The molecule has 0 aliphatic carbocycles. The number of rotatable bonds is 6. The molecule has 1 N–H and O–H groups in total. The van der Waals surface area contributed by atoms with Crippen molar-refractivity contribution in [1.29, 1.82) is 0 Å². The number of ether oxygens (including phenoxy) is 1. The number of esters is 1. The second-order valence-corrected chi connectivity index (χ2v) is 6.89. The van der Waals surface area contributed by atoms with Gasteiger partial charge in [0.15, 0.2) is 0 Å². The number of aryl methyl sites for hydroxylation is 1. The number of aliphatic hydroxyl groups is 1. The highest BCUT2D eigenvalue weighted by Gasteiger charge is 2.28. The van der Waals surface area contributed by atoms with Crippen LogP contribution < -0.4 is 0 Å². The Morgan fingerprint density at radius 1 is 1.06 bits per heavy atom. The Labute approximate surface area is 184 Å². The Balaban J connectivity index is 0.000000400. The van der Waals surface area contributed by atoms with Gasteiger partial charge in [-0.2, -0.15) is 0 Å². The van der Waals surface area contributed by atoms with Crippen LogP contribution in [0.5, 0.6) is 0 Å². The van der Waals surface area contributed by atoms with Gasteiger partial charge in [-0.3, -0.25) is 10.1 Å². The van der Waals surface area contributed by atoms with Crippen LogP contribution in [0.2, 0.25) is 0 Å². The van der Waals surface area contributed by atoms with Crippen molar-refractivity contribution in [3.8, 4) is 0 Å². The summed E-state index contributed by atoms with van der Waals surface area (Å²) in [6.07, 6.45) is 2.87. The van der Waals surface area contributed by atoms with Gasteiger partial charge in [-0.05, 0) is 24.0 Å². The zero-order valence-corrected chi connectivity index (χ0v) is 18.8. The van der Waals surface area contributed by atoms with Crippen molar-refractivity contribution in [3.05, 3.63) is 87.2 Å². The first-order valence-electron chi connectivity index (χ1n) is 10.8. The molecule has 0 saturated heterocycles. The van der Waals surface area contributed by atoms with Gasteiger partial charge in [-0.15, -0.1) is 0 Å². The van der Waals surface area contributed by atoms with Crippen LogP contribution in [-0.2, 0) is 22.4 Å². The predicted octanol–water partition coefficient (Wildman–Crippen LogP) is 6.34. The number of nitrogens with zero attached hydrogens (tertiary/aromatic N) is 1. The number of benzene rings is 2. The third-order valence-electron chi connectivity index (χ3n) is 4.65. The van der Waals surface area contributed by atoms with Crippen molar-refractivity contribution < 1.29 is 19.6 Å². The molecule has 0 spiro atoms. The number of hydrogen-bond acceptors (Lipinski definition) is 5. The number of carbonyl (C=O) groups is 1. The number of carbonyl (C=O) groups excluding carboxylic acids is 1. The molecule has 168 valence electrons. The van der Waals surface area contributed by atoms with Gasteiger partial charge in [-0.1, -0.05) is 76.6 Å². The maximum atomic E-state index is 11.9. The minimum Gasteiger partial charge on any atom is -0.512 e. The van der Waals surface area contributed by atoms with E-state index in [-0.39, 0.29) is 29.5 Å². The molecule has 1 aliphatic heterocycles. The molecular formula is C25H33NO5. The van der Waals surface area contributed by atoms with Gasteiger partial charge in [0.2, 0.25) is 0 Å². The summed E-state index contributed by atoms with van der Waals surface area (Å²) in [4.78, 5) is 22.2. The van der Waals surface area contributed by atoms with Crippen LogP contribution in [0, 0.1) is 10.1 Å². The lowest BCUT2D eigenvalue weighted by atomic mass is 9.98. The van der Waals surface area contributed by atoms with Crippen LogP contribution in [0.1, 0.15) is 58.1 Å². The average Bonchev–Trinajstić information content (AvgIpc) is 2.79. The summed E-state index contributed by atoms with van der Waals surface area (Å²) in [5, 5.41) is 20.8. The molecule has 1 heterocycles. The maximum Gasteiger partial charge on any atom is 0.338 e. The van der Waals surface area contributed by atoms with E-state index in [1.54, 1.807) is 12.1 Å². The van der Waals surface area contributed by atoms with E-state index in [9.17, 15) is 20.0 Å². The molecule has 1 atom stereocenters. The Morgan fingerprint density at radius 3 is 2.23 bits per heavy atom. The smallest absolute Gasteiger partial charge is 0.338 e. The summed E-state index contributed by atoms with van der Waals surface area (Å²) < 4.78 is 5.27. The van der Waals surface area contributed by atoms with Crippen LogP contribution in [0.3, 0.4) is 0 Å². The Kier molecular flexibility index (Phi) is 11.7. The van der Waals surface area contributed by atoms with E-state index in [2.05, 4.69) is 31.2 Å². The van der Waals surface area contributed by atoms with Crippen LogP contribution in [0.15, 0.2) is 65.9 Å². The Bertz CT molecular complexity index is 861. The zero-order chi connectivity index (χ0) is 23.2. The van der Waals surface area contributed by atoms with Crippen LogP contribution in [-0.4, -0.2) is 22.1 Å². The lowest BCUT2D eigenvalue weighted by Crippen LogP contribution is -2.27. The van der Waals surface area contributed by atoms with Crippen molar-refractivity contribution in [2.45, 2.75) is 65.9 Å². The van der Waals surface area contributed by atoms with E-state index >= 15 is 0 Å². The van der Waals surface area contributed by atoms with Gasteiger partial charge in [0.25, 0.3) is 5.69 Å². The number of non-ortho nitro benzene ring substituents is 1. The molecule has 2 aromatic rings. The van der Waals surface area contributed by atoms with Crippen molar-refractivity contribution >= 4 is 11.7 Å². The number of nitro benzene ring substituents is 1. The largest absolute Gasteiger partial charge is 0.512 e. The topological polar surface area (TPSA) is 89.7 Å². The van der Waals surface area contributed by atoms with Crippen LogP contribution in [0.25, 0.3) is 0 Å². The molecule has 0 fully saturated rings. The van der Waals surface area contributed by atoms with E-state index in [4.69, 9.17) is 4.74 Å². The molecular weight excluding hydrogens is 394 g/mol. The zero-order valence-electron chi connectivity index (χ0n) is 18.8. The van der Waals surface area contributed by atoms with Crippen molar-refractivity contribution in [2.75, 3.05) is 0 Å². The molecule has 0 saturated carbocycles. The van der Waals surface area contributed by atoms with Gasteiger partial charge in [0.1, 0.15) is 11.9 Å². The fourth-order valence-electron chi connectivity index (χ4n) is 3.08. The van der Waals surface area contributed by atoms with E-state index in [1.165, 1.54) is 17.7 Å². The molecule has 0 aromatic heterocycles. The molecule has 0 bridgehead atoms. The van der Waals surface area contributed by atoms with E-state index in [0.29, 0.717) is 18.4 Å². The van der Waals surface area contributed by atoms with Crippen molar-refractivity contribution in [1.82, 2.24) is 0 Å². The summed E-state index contributed by atoms with van der Waals surface area (Å²) in [7, 11) is 0. The molecule has 2 aromatic carbocycles. The average molecular weight is 428 g/mol. The van der Waals surface area contributed by atoms with Gasteiger partial charge in [0.05, 0.1) is 10.5 Å². The van der Waals surface area contributed by atoms with Crippen molar-refractivity contribution in [3.63, 3.8) is 0 Å². The maximum absolute atomic E-state index is 11.9. The minimum atomic E-state index is -0.538. The predicted molar refractivity (Wildman–Crippen MR) is 123 cm³/mol.